The van der Waals surface area contributed by atoms with Gasteiger partial charge in [-0.2, -0.15) is 0 Å². The predicted molar refractivity (Wildman–Crippen MR) is 117 cm³/mol. The predicted octanol–water partition coefficient (Wildman–Crippen LogP) is 4.00. The van der Waals surface area contributed by atoms with Gasteiger partial charge in [0.05, 0.1) is 6.10 Å². The van der Waals surface area contributed by atoms with E-state index in [1.807, 2.05) is 18.2 Å². The van der Waals surface area contributed by atoms with Crippen molar-refractivity contribution >= 4 is 16.8 Å². The molecule has 1 amide bonds. The monoisotopic (exact) mass is 394 g/mol. The zero-order valence-electron chi connectivity index (χ0n) is 17.3. The number of H-pyrrole nitrogens is 1. The van der Waals surface area contributed by atoms with Gasteiger partial charge < -0.3 is 20.5 Å². The minimum atomic E-state index is -0.654. The van der Waals surface area contributed by atoms with E-state index in [1.54, 1.807) is 0 Å². The molecule has 3 aromatic rings. The van der Waals surface area contributed by atoms with Crippen LogP contribution in [0.15, 0.2) is 48.5 Å². The molecular weight excluding hydrogens is 364 g/mol. The Labute approximate surface area is 171 Å². The van der Waals surface area contributed by atoms with E-state index >= 15 is 0 Å². The standard InChI is InChI=1S/C24H30N2O3/c1-24(2,3)19-10-8-16(9-11-19)17-6-7-18-14-22(26-21(18)13-17)23(29)25-15-20(28)5-4-12-27/h6-11,13-14,20,26-28H,4-5,12,15H2,1-3H3,(H,25,29). The van der Waals surface area contributed by atoms with Gasteiger partial charge in [-0.05, 0) is 47.1 Å². The summed E-state index contributed by atoms with van der Waals surface area (Å²) in [6, 6.07) is 16.5. The summed E-state index contributed by atoms with van der Waals surface area (Å²) < 4.78 is 0. The lowest BCUT2D eigenvalue weighted by Crippen LogP contribution is -2.32. The highest BCUT2D eigenvalue weighted by Crippen LogP contribution is 2.28. The molecule has 1 aromatic heterocycles. The van der Waals surface area contributed by atoms with Crippen LogP contribution in [-0.4, -0.2) is 40.4 Å². The lowest BCUT2D eigenvalue weighted by atomic mass is 9.86. The van der Waals surface area contributed by atoms with Crippen LogP contribution in [0, 0.1) is 0 Å². The number of carbonyl (C=O) groups is 1. The van der Waals surface area contributed by atoms with E-state index < -0.39 is 6.10 Å². The van der Waals surface area contributed by atoms with Gasteiger partial charge in [-0.15, -0.1) is 0 Å². The van der Waals surface area contributed by atoms with Crippen LogP contribution in [0.25, 0.3) is 22.0 Å². The second-order valence-electron chi connectivity index (χ2n) is 8.54. The maximum absolute atomic E-state index is 12.4. The van der Waals surface area contributed by atoms with E-state index in [0.29, 0.717) is 18.5 Å². The first-order chi connectivity index (χ1) is 13.8. The summed E-state index contributed by atoms with van der Waals surface area (Å²) in [4.78, 5) is 15.6. The number of aromatic nitrogens is 1. The molecule has 0 saturated heterocycles. The molecule has 0 aliphatic carbocycles. The highest BCUT2D eigenvalue weighted by molar-refractivity contribution is 5.98. The average molecular weight is 395 g/mol. The number of rotatable bonds is 7. The van der Waals surface area contributed by atoms with Crippen molar-refractivity contribution in [3.05, 3.63) is 59.8 Å². The molecule has 5 heteroatoms. The van der Waals surface area contributed by atoms with Gasteiger partial charge in [0, 0.05) is 24.1 Å². The summed E-state index contributed by atoms with van der Waals surface area (Å²) in [6.45, 7) is 6.80. The lowest BCUT2D eigenvalue weighted by Gasteiger charge is -2.19. The molecule has 4 N–H and O–H groups in total. The molecule has 2 aromatic carbocycles. The molecule has 1 heterocycles. The molecule has 0 aliphatic heterocycles. The van der Waals surface area contributed by atoms with Crippen molar-refractivity contribution in [2.75, 3.05) is 13.2 Å². The van der Waals surface area contributed by atoms with Crippen molar-refractivity contribution in [1.29, 1.82) is 0 Å². The van der Waals surface area contributed by atoms with Gasteiger partial charge in [0.25, 0.3) is 5.91 Å². The van der Waals surface area contributed by atoms with Crippen LogP contribution in [-0.2, 0) is 5.41 Å². The third-order valence-electron chi connectivity index (χ3n) is 5.15. The van der Waals surface area contributed by atoms with Gasteiger partial charge in [-0.3, -0.25) is 4.79 Å². The highest BCUT2D eigenvalue weighted by atomic mass is 16.3. The molecule has 0 radical (unpaired) electrons. The number of amides is 1. The summed E-state index contributed by atoms with van der Waals surface area (Å²) in [5.41, 5.74) is 5.00. The van der Waals surface area contributed by atoms with Crippen LogP contribution in [0.4, 0.5) is 0 Å². The maximum Gasteiger partial charge on any atom is 0.267 e. The number of aliphatic hydroxyl groups excluding tert-OH is 2. The molecule has 0 aliphatic rings. The summed E-state index contributed by atoms with van der Waals surface area (Å²) in [5, 5.41) is 22.3. The number of carbonyl (C=O) groups excluding carboxylic acids is 1. The van der Waals surface area contributed by atoms with Crippen LogP contribution < -0.4 is 5.32 Å². The van der Waals surface area contributed by atoms with Gasteiger partial charge >= 0.3 is 0 Å². The smallest absolute Gasteiger partial charge is 0.267 e. The Morgan fingerprint density at radius 2 is 1.76 bits per heavy atom. The first kappa shape index (κ1) is 21.1. The van der Waals surface area contributed by atoms with Crippen molar-refractivity contribution in [2.45, 2.75) is 45.1 Å². The SMILES string of the molecule is CC(C)(C)c1ccc(-c2ccc3cc(C(=O)NCC(O)CCCO)[nH]c3c2)cc1. The van der Waals surface area contributed by atoms with Crippen molar-refractivity contribution in [3.63, 3.8) is 0 Å². The summed E-state index contributed by atoms with van der Waals surface area (Å²) in [6.07, 6.45) is 0.321. The quantitative estimate of drug-likeness (QED) is 0.489. The van der Waals surface area contributed by atoms with Crippen molar-refractivity contribution in [3.8, 4) is 11.1 Å². The molecule has 3 rings (SSSR count). The summed E-state index contributed by atoms with van der Waals surface area (Å²) >= 11 is 0. The Bertz CT molecular complexity index is 968. The fraction of sp³-hybridized carbons (Fsp3) is 0.375. The fourth-order valence-electron chi connectivity index (χ4n) is 3.33. The molecule has 5 nitrogen and oxygen atoms in total. The van der Waals surface area contributed by atoms with E-state index in [-0.39, 0.29) is 24.5 Å². The number of fused-ring (bicyclic) bond motifs is 1. The van der Waals surface area contributed by atoms with E-state index in [9.17, 15) is 9.90 Å². The van der Waals surface area contributed by atoms with Gasteiger partial charge in [0.2, 0.25) is 0 Å². The second kappa shape index (κ2) is 8.80. The third-order valence-corrected chi connectivity index (χ3v) is 5.15. The topological polar surface area (TPSA) is 85.3 Å². The molecule has 0 bridgehead atoms. The minimum Gasteiger partial charge on any atom is -0.396 e. The van der Waals surface area contributed by atoms with Crippen LogP contribution in [0.3, 0.4) is 0 Å². The second-order valence-corrected chi connectivity index (χ2v) is 8.54. The fourth-order valence-corrected chi connectivity index (χ4v) is 3.33. The van der Waals surface area contributed by atoms with Crippen LogP contribution in [0.2, 0.25) is 0 Å². The molecular formula is C24H30N2O3. The third kappa shape index (κ3) is 5.25. The lowest BCUT2D eigenvalue weighted by molar-refractivity contribution is 0.0900. The Morgan fingerprint density at radius 1 is 1.07 bits per heavy atom. The van der Waals surface area contributed by atoms with Gasteiger partial charge in [0.15, 0.2) is 0 Å². The zero-order chi connectivity index (χ0) is 21.0. The number of hydrogen-bond donors (Lipinski definition) is 4. The first-order valence-corrected chi connectivity index (χ1v) is 10.1. The van der Waals surface area contributed by atoms with E-state index in [0.717, 1.165) is 22.0 Å². The Hall–Kier alpha value is -2.63. The first-order valence-electron chi connectivity index (χ1n) is 10.1. The van der Waals surface area contributed by atoms with E-state index in [2.05, 4.69) is 61.4 Å². The van der Waals surface area contributed by atoms with Gasteiger partial charge in [-0.25, -0.2) is 0 Å². The van der Waals surface area contributed by atoms with Crippen molar-refractivity contribution in [1.82, 2.24) is 10.3 Å². The van der Waals surface area contributed by atoms with E-state index in [1.165, 1.54) is 5.56 Å². The molecule has 0 saturated carbocycles. The number of benzene rings is 2. The number of aromatic amines is 1. The summed E-state index contributed by atoms with van der Waals surface area (Å²) in [5.74, 6) is -0.250. The zero-order valence-corrected chi connectivity index (χ0v) is 17.3. The number of nitrogens with one attached hydrogen (secondary N) is 2. The molecule has 0 fully saturated rings. The van der Waals surface area contributed by atoms with Crippen molar-refractivity contribution < 1.29 is 15.0 Å². The molecule has 29 heavy (non-hydrogen) atoms. The largest absolute Gasteiger partial charge is 0.396 e. The molecule has 0 spiro atoms. The van der Waals surface area contributed by atoms with Crippen molar-refractivity contribution in [2.24, 2.45) is 0 Å². The van der Waals surface area contributed by atoms with Crippen LogP contribution in [0.5, 0.6) is 0 Å². The Balaban J connectivity index is 1.73. The van der Waals surface area contributed by atoms with Gasteiger partial charge in [0.1, 0.15) is 5.69 Å². The Morgan fingerprint density at radius 3 is 2.41 bits per heavy atom. The van der Waals surface area contributed by atoms with Crippen LogP contribution in [0.1, 0.15) is 49.7 Å². The van der Waals surface area contributed by atoms with E-state index in [4.69, 9.17) is 5.11 Å². The molecule has 1 unspecified atom stereocenters. The number of hydrogen-bond acceptors (Lipinski definition) is 3. The van der Waals surface area contributed by atoms with Gasteiger partial charge in [-0.1, -0.05) is 57.2 Å². The summed E-state index contributed by atoms with van der Waals surface area (Å²) in [7, 11) is 0. The normalized spacial score (nSPS) is 12.9. The van der Waals surface area contributed by atoms with Crippen LogP contribution >= 0.6 is 0 Å². The average Bonchev–Trinajstić information content (AvgIpc) is 3.13. The maximum atomic E-state index is 12.4. The highest BCUT2D eigenvalue weighted by Gasteiger charge is 2.14. The number of aliphatic hydroxyl groups is 2. The molecule has 154 valence electrons. The minimum absolute atomic E-state index is 0.0360. The Kier molecular flexibility index (Phi) is 6.40. The molecule has 1 atom stereocenters.